The summed E-state index contributed by atoms with van der Waals surface area (Å²) in [5, 5.41) is 21.8. The lowest BCUT2D eigenvalue weighted by molar-refractivity contribution is -0.385. The van der Waals surface area contributed by atoms with Gasteiger partial charge in [-0.25, -0.2) is 5.43 Å². The molecule has 0 aliphatic rings. The second kappa shape index (κ2) is 7.11. The minimum atomic E-state index is -4.41. The van der Waals surface area contributed by atoms with Crippen LogP contribution in [0.2, 0.25) is 0 Å². The summed E-state index contributed by atoms with van der Waals surface area (Å²) in [6.07, 6.45) is -1.19. The fourth-order valence-corrected chi connectivity index (χ4v) is 1.80. The van der Waals surface area contributed by atoms with Gasteiger partial charge < -0.3 is 0 Å². The summed E-state index contributed by atoms with van der Waals surface area (Å²) in [6, 6.07) is 1.26. The second-order valence-corrected chi connectivity index (χ2v) is 4.73. The molecule has 0 atom stereocenters. The van der Waals surface area contributed by atoms with Crippen LogP contribution in [0.25, 0.3) is 0 Å². The Labute approximate surface area is 138 Å². The van der Waals surface area contributed by atoms with E-state index in [1.165, 1.54) is 10.7 Å². The van der Waals surface area contributed by atoms with Gasteiger partial charge in [0.2, 0.25) is 5.69 Å². The van der Waals surface area contributed by atoms with Gasteiger partial charge in [0.1, 0.15) is 18.4 Å². The number of amides is 1. The van der Waals surface area contributed by atoms with Crippen molar-refractivity contribution in [3.63, 3.8) is 0 Å². The third-order valence-corrected chi connectivity index (χ3v) is 2.84. The molecule has 2 rings (SSSR count). The van der Waals surface area contributed by atoms with Crippen LogP contribution in [0.1, 0.15) is 23.1 Å². The fourth-order valence-electron chi connectivity index (χ4n) is 1.80. The van der Waals surface area contributed by atoms with E-state index in [9.17, 15) is 28.1 Å². The van der Waals surface area contributed by atoms with E-state index in [0.717, 1.165) is 18.6 Å². The molecule has 134 valence electrons. The summed E-state index contributed by atoms with van der Waals surface area (Å²) in [5.74, 6) is -0.926. The number of carbonyl (C=O) groups is 1. The predicted molar refractivity (Wildman–Crippen MR) is 77.9 cm³/mol. The van der Waals surface area contributed by atoms with Gasteiger partial charge in [0.25, 0.3) is 5.91 Å². The van der Waals surface area contributed by atoms with E-state index in [0.29, 0.717) is 11.2 Å². The Kier molecular flexibility index (Phi) is 5.14. The van der Waals surface area contributed by atoms with E-state index in [-0.39, 0.29) is 5.69 Å². The Morgan fingerprint density at radius 3 is 2.76 bits per heavy atom. The van der Waals surface area contributed by atoms with Crippen LogP contribution >= 0.6 is 0 Å². The zero-order valence-electron chi connectivity index (χ0n) is 12.8. The molecule has 0 aliphatic heterocycles. The molecule has 0 unspecified atom stereocenters. The minimum Gasteiger partial charge on any atom is -0.265 e. The number of aromatic nitrogens is 4. The van der Waals surface area contributed by atoms with Crippen LogP contribution in [0.15, 0.2) is 23.6 Å². The maximum atomic E-state index is 12.2. The molecule has 1 amide bonds. The van der Waals surface area contributed by atoms with Crippen molar-refractivity contribution in [1.82, 2.24) is 25.0 Å². The molecule has 0 saturated heterocycles. The van der Waals surface area contributed by atoms with Gasteiger partial charge in [0.05, 0.1) is 11.1 Å². The highest BCUT2D eigenvalue weighted by atomic mass is 19.4. The van der Waals surface area contributed by atoms with Gasteiger partial charge >= 0.3 is 11.9 Å². The molecule has 0 aromatic carbocycles. The Morgan fingerprint density at radius 2 is 2.16 bits per heavy atom. The number of hydrazone groups is 1. The summed E-state index contributed by atoms with van der Waals surface area (Å²) in [4.78, 5) is 22.0. The number of hydrogen-bond acceptors (Lipinski definition) is 6. The molecule has 10 nitrogen and oxygen atoms in total. The Morgan fingerprint density at radius 1 is 1.44 bits per heavy atom. The summed E-state index contributed by atoms with van der Waals surface area (Å²) in [7, 11) is 0. The molecule has 25 heavy (non-hydrogen) atoms. The first kappa shape index (κ1) is 18.1. The molecular formula is C12H12F3N7O3. The molecule has 0 saturated carbocycles. The van der Waals surface area contributed by atoms with Gasteiger partial charge in [-0.2, -0.15) is 28.5 Å². The number of carbonyl (C=O) groups excluding carboxylic acids is 1. The standard InChI is InChI=1S/C12H12F3N7O3/c1-2-20-6-9(22(24)25)10(19-20)11(23)17-16-5-8-3-4-21(18-8)7-12(13,14)15/h3-6H,2,7H2,1H3,(H,17,23)/b16-5+. The topological polar surface area (TPSA) is 120 Å². The van der Waals surface area contributed by atoms with Crippen molar-refractivity contribution in [2.24, 2.45) is 5.10 Å². The smallest absolute Gasteiger partial charge is 0.265 e. The number of nitro groups is 1. The summed E-state index contributed by atoms with van der Waals surface area (Å²) < 4.78 is 38.5. The van der Waals surface area contributed by atoms with E-state index < -0.39 is 34.9 Å². The lowest BCUT2D eigenvalue weighted by Crippen LogP contribution is -2.20. The molecule has 0 aliphatic carbocycles. The quantitative estimate of drug-likeness (QED) is 0.474. The summed E-state index contributed by atoms with van der Waals surface area (Å²) >= 11 is 0. The number of hydrogen-bond donors (Lipinski definition) is 1. The van der Waals surface area contributed by atoms with Crippen LogP contribution < -0.4 is 5.43 Å². The first-order valence-electron chi connectivity index (χ1n) is 6.85. The first-order chi connectivity index (χ1) is 11.7. The fraction of sp³-hybridized carbons (Fsp3) is 0.333. The van der Waals surface area contributed by atoms with Crippen LogP contribution in [-0.2, 0) is 13.1 Å². The average Bonchev–Trinajstić information content (AvgIpc) is 3.12. The van der Waals surface area contributed by atoms with Crippen molar-refractivity contribution < 1.29 is 22.9 Å². The van der Waals surface area contributed by atoms with Crippen LogP contribution in [0, 0.1) is 10.1 Å². The maximum Gasteiger partial charge on any atom is 0.408 e. The number of nitrogens with one attached hydrogen (secondary N) is 1. The largest absolute Gasteiger partial charge is 0.408 e. The van der Waals surface area contributed by atoms with Crippen molar-refractivity contribution in [2.75, 3.05) is 0 Å². The van der Waals surface area contributed by atoms with E-state index in [2.05, 4.69) is 15.3 Å². The number of alkyl halides is 3. The highest BCUT2D eigenvalue weighted by Crippen LogP contribution is 2.17. The highest BCUT2D eigenvalue weighted by Gasteiger charge is 2.28. The highest BCUT2D eigenvalue weighted by molar-refractivity contribution is 5.96. The molecule has 0 spiro atoms. The molecule has 2 heterocycles. The summed E-state index contributed by atoms with van der Waals surface area (Å²) in [5.41, 5.74) is 1.18. The van der Waals surface area contributed by atoms with E-state index in [4.69, 9.17) is 0 Å². The maximum absolute atomic E-state index is 12.2. The lowest BCUT2D eigenvalue weighted by atomic mass is 10.3. The number of halogens is 3. The van der Waals surface area contributed by atoms with E-state index in [1.54, 1.807) is 6.92 Å². The average molecular weight is 359 g/mol. The molecule has 1 N–H and O–H groups in total. The molecule has 2 aromatic rings. The number of aryl methyl sites for hydroxylation is 1. The van der Waals surface area contributed by atoms with Crippen molar-refractivity contribution in [3.8, 4) is 0 Å². The number of rotatable bonds is 6. The van der Waals surface area contributed by atoms with Gasteiger partial charge in [0.15, 0.2) is 0 Å². The van der Waals surface area contributed by atoms with Gasteiger partial charge in [-0.3, -0.25) is 24.3 Å². The van der Waals surface area contributed by atoms with Gasteiger partial charge in [-0.05, 0) is 13.0 Å². The molecular weight excluding hydrogens is 347 g/mol. The SMILES string of the molecule is CCn1cc([N+](=O)[O-])c(C(=O)N/N=C/c2ccn(CC(F)(F)F)n2)n1. The molecule has 2 aromatic heterocycles. The van der Waals surface area contributed by atoms with Crippen molar-refractivity contribution in [3.05, 3.63) is 40.0 Å². The third-order valence-electron chi connectivity index (χ3n) is 2.84. The summed E-state index contributed by atoms with van der Waals surface area (Å²) in [6.45, 7) is 0.760. The molecule has 0 bridgehead atoms. The van der Waals surface area contributed by atoms with Gasteiger partial charge in [-0.1, -0.05) is 0 Å². The Bertz CT molecular complexity index is 809. The molecule has 13 heteroatoms. The minimum absolute atomic E-state index is 0.0677. The van der Waals surface area contributed by atoms with Crippen molar-refractivity contribution >= 4 is 17.8 Å². The van der Waals surface area contributed by atoms with Crippen LogP contribution in [0.4, 0.5) is 18.9 Å². The van der Waals surface area contributed by atoms with Crippen molar-refractivity contribution in [1.29, 1.82) is 0 Å². The Hall–Kier alpha value is -3.25. The van der Waals surface area contributed by atoms with Gasteiger partial charge in [0, 0.05) is 12.7 Å². The molecule has 0 fully saturated rings. The molecule has 0 radical (unpaired) electrons. The third kappa shape index (κ3) is 4.86. The number of nitrogens with zero attached hydrogens (tertiary/aromatic N) is 6. The van der Waals surface area contributed by atoms with Crippen molar-refractivity contribution in [2.45, 2.75) is 26.2 Å². The Balaban J connectivity index is 2.04. The zero-order valence-corrected chi connectivity index (χ0v) is 12.8. The van der Waals surface area contributed by atoms with Crippen LogP contribution in [0.5, 0.6) is 0 Å². The first-order valence-corrected chi connectivity index (χ1v) is 6.85. The van der Waals surface area contributed by atoms with E-state index in [1.807, 2.05) is 5.43 Å². The predicted octanol–water partition coefficient (Wildman–Crippen LogP) is 1.33. The van der Waals surface area contributed by atoms with Crippen LogP contribution in [-0.4, -0.2) is 42.8 Å². The lowest BCUT2D eigenvalue weighted by Gasteiger charge is -2.04. The van der Waals surface area contributed by atoms with E-state index >= 15 is 0 Å². The van der Waals surface area contributed by atoms with Crippen LogP contribution in [0.3, 0.4) is 0 Å². The normalized spacial score (nSPS) is 11.8. The second-order valence-electron chi connectivity index (χ2n) is 4.73. The monoisotopic (exact) mass is 359 g/mol. The zero-order chi connectivity index (χ0) is 18.6. The van der Waals surface area contributed by atoms with Gasteiger partial charge in [-0.15, -0.1) is 0 Å².